The normalized spacial score (nSPS) is 28.9. The van der Waals surface area contributed by atoms with Crippen LogP contribution in [-0.2, 0) is 29.3 Å². The molecule has 1 aromatic carbocycles. The molecule has 0 bridgehead atoms. The number of carbonyl (C=O) groups is 4. The molecule has 2 aliphatic carbocycles. The third-order valence-electron chi connectivity index (χ3n) is 11.7. The molecule has 0 spiro atoms. The molecule has 19 heteroatoms. The van der Waals surface area contributed by atoms with E-state index in [1.54, 1.807) is 31.4 Å². The standard InChI is InChI=1S/C37H52N10O8S/c1-44-18-20-45(21-19-44)56(52,53)42-35(50)37-23-26(37)10-6-4-3-5-7-13-30(38-36(51)55-29-11-8-9-12-29)34(49)46-24-27(22-31(46)33(48)39-37)47-41-32(40-43-47)25-14-16-28(54-2)17-15-25/h6,10,14-17,26-27,29-31H,3-5,7-9,11-13,18-24H2,1-2H3,(H,38,51)(H,39,48)(H,42,50)/b10-6-/t26-,27-,30-,31+,37+/m1/s1. The van der Waals surface area contributed by atoms with Gasteiger partial charge in [0.05, 0.1) is 13.2 Å². The number of fused-ring (bicyclic) bond motifs is 2. The first-order chi connectivity index (χ1) is 27.0. The number of amides is 4. The Kier molecular flexibility index (Phi) is 11.9. The molecule has 2 saturated carbocycles. The smallest absolute Gasteiger partial charge is 0.408 e. The quantitative estimate of drug-likeness (QED) is 0.325. The number of carbonyl (C=O) groups excluding carboxylic acids is 4. The number of ether oxygens (including phenoxy) is 2. The highest BCUT2D eigenvalue weighted by molar-refractivity contribution is 7.87. The summed E-state index contributed by atoms with van der Waals surface area (Å²) in [6, 6.07) is 4.48. The lowest BCUT2D eigenvalue weighted by molar-refractivity contribution is -0.141. The summed E-state index contributed by atoms with van der Waals surface area (Å²) >= 11 is 0. The molecule has 0 radical (unpaired) electrons. The van der Waals surface area contributed by atoms with Gasteiger partial charge < -0.3 is 29.9 Å². The van der Waals surface area contributed by atoms with Crippen LogP contribution in [0, 0.1) is 5.92 Å². The van der Waals surface area contributed by atoms with Gasteiger partial charge in [-0.1, -0.05) is 25.0 Å². The monoisotopic (exact) mass is 796 g/mol. The van der Waals surface area contributed by atoms with Gasteiger partial charge in [0.15, 0.2) is 0 Å². The van der Waals surface area contributed by atoms with E-state index in [0.29, 0.717) is 49.5 Å². The fraction of sp³-hybridized carbons (Fsp3) is 0.649. The number of piperazine rings is 1. The lowest BCUT2D eigenvalue weighted by Crippen LogP contribution is -2.60. The fourth-order valence-electron chi connectivity index (χ4n) is 8.13. The molecule has 304 valence electrons. The molecule has 3 N–H and O–H groups in total. The Hall–Kier alpha value is -4.62. The third kappa shape index (κ3) is 8.83. The van der Waals surface area contributed by atoms with Crippen molar-refractivity contribution in [2.45, 2.75) is 100 Å². The van der Waals surface area contributed by atoms with Crippen LogP contribution in [0.4, 0.5) is 4.79 Å². The van der Waals surface area contributed by atoms with Gasteiger partial charge in [-0.05, 0) is 87.9 Å². The summed E-state index contributed by atoms with van der Waals surface area (Å²) in [7, 11) is -0.722. The predicted molar refractivity (Wildman–Crippen MR) is 202 cm³/mol. The van der Waals surface area contributed by atoms with E-state index in [0.717, 1.165) is 38.5 Å². The maximum Gasteiger partial charge on any atom is 0.408 e. The molecule has 2 saturated heterocycles. The summed E-state index contributed by atoms with van der Waals surface area (Å²) in [6.07, 6.45) is 9.92. The molecule has 4 fully saturated rings. The maximum absolute atomic E-state index is 14.6. The minimum Gasteiger partial charge on any atom is -0.497 e. The minimum absolute atomic E-state index is 0.0193. The Morgan fingerprint density at radius 1 is 0.982 bits per heavy atom. The molecule has 18 nitrogen and oxygen atoms in total. The van der Waals surface area contributed by atoms with E-state index in [1.165, 1.54) is 14.0 Å². The van der Waals surface area contributed by atoms with Crippen molar-refractivity contribution >= 4 is 34.0 Å². The number of methoxy groups -OCH3 is 1. The van der Waals surface area contributed by atoms with Crippen LogP contribution in [0.1, 0.15) is 76.7 Å². The zero-order chi connectivity index (χ0) is 39.5. The zero-order valence-electron chi connectivity index (χ0n) is 32.0. The Balaban J connectivity index is 1.16. The fourth-order valence-corrected chi connectivity index (χ4v) is 9.32. The van der Waals surface area contributed by atoms with E-state index in [1.807, 2.05) is 24.1 Å². The van der Waals surface area contributed by atoms with E-state index in [9.17, 15) is 27.6 Å². The maximum atomic E-state index is 14.6. The molecule has 4 amide bonds. The first-order valence-corrected chi connectivity index (χ1v) is 21.1. The molecule has 5 atom stereocenters. The van der Waals surface area contributed by atoms with Crippen molar-refractivity contribution in [2.75, 3.05) is 46.9 Å². The topological polar surface area (TPSA) is 210 Å². The van der Waals surface area contributed by atoms with Gasteiger partial charge in [0, 0.05) is 50.6 Å². The number of likely N-dealkylation sites (N-methyl/N-ethyl adjacent to an activating group) is 1. The van der Waals surface area contributed by atoms with Crippen LogP contribution in [0.3, 0.4) is 0 Å². The second-order valence-electron chi connectivity index (χ2n) is 15.5. The number of tetrazole rings is 1. The number of allylic oxidation sites excluding steroid dienone is 1. The molecular weight excluding hydrogens is 745 g/mol. The average molecular weight is 797 g/mol. The number of nitrogens with zero attached hydrogens (tertiary/aromatic N) is 7. The van der Waals surface area contributed by atoms with Crippen molar-refractivity contribution in [1.82, 2.24) is 49.7 Å². The SMILES string of the molecule is COc1ccc(-c2nnn([C@@H]3C[C@H]4C(=O)N[C@@]5(C(=O)NS(=O)(=O)N6CCN(C)CC6)C[C@H]5/C=C\CCCCC[C@@H](NC(=O)OC5CCCC5)C(=O)N4C3)n2)cc1. The van der Waals surface area contributed by atoms with E-state index in [-0.39, 0.29) is 38.6 Å². The van der Waals surface area contributed by atoms with Gasteiger partial charge in [0.2, 0.25) is 17.6 Å². The van der Waals surface area contributed by atoms with Crippen molar-refractivity contribution in [3.63, 3.8) is 0 Å². The molecule has 2 aromatic rings. The molecular formula is C37H52N10O8S. The van der Waals surface area contributed by atoms with Crippen LogP contribution in [0.15, 0.2) is 36.4 Å². The van der Waals surface area contributed by atoms with E-state index in [2.05, 4.69) is 30.8 Å². The van der Waals surface area contributed by atoms with Gasteiger partial charge in [-0.3, -0.25) is 14.4 Å². The van der Waals surface area contributed by atoms with Gasteiger partial charge >= 0.3 is 16.3 Å². The van der Waals surface area contributed by atoms with Gasteiger partial charge in [-0.2, -0.15) is 17.5 Å². The van der Waals surface area contributed by atoms with E-state index < -0.39 is 63.6 Å². The summed E-state index contributed by atoms with van der Waals surface area (Å²) < 4.78 is 41.2. The Morgan fingerprint density at radius 3 is 2.45 bits per heavy atom. The van der Waals surface area contributed by atoms with Crippen LogP contribution in [0.25, 0.3) is 11.4 Å². The minimum atomic E-state index is -4.19. The average Bonchev–Trinajstić information content (AvgIpc) is 3.65. The predicted octanol–water partition coefficient (Wildman–Crippen LogP) is 1.53. The second-order valence-corrected chi connectivity index (χ2v) is 17.2. The Labute approximate surface area is 326 Å². The summed E-state index contributed by atoms with van der Waals surface area (Å²) in [6.45, 7) is 1.51. The van der Waals surface area contributed by atoms with Gasteiger partial charge in [-0.15, -0.1) is 10.2 Å². The number of alkyl carbamates (subject to hydrolysis) is 1. The van der Waals surface area contributed by atoms with Crippen molar-refractivity contribution in [1.29, 1.82) is 0 Å². The largest absolute Gasteiger partial charge is 0.497 e. The number of benzene rings is 1. The van der Waals surface area contributed by atoms with E-state index in [4.69, 9.17) is 9.47 Å². The summed E-state index contributed by atoms with van der Waals surface area (Å²) in [5.41, 5.74) is -0.855. The number of hydrogen-bond donors (Lipinski definition) is 3. The van der Waals surface area contributed by atoms with Crippen LogP contribution in [0.5, 0.6) is 5.75 Å². The Morgan fingerprint density at radius 2 is 1.71 bits per heavy atom. The summed E-state index contributed by atoms with van der Waals surface area (Å²) in [5.74, 6) is -1.37. The lowest BCUT2D eigenvalue weighted by atomic mass is 10.0. The van der Waals surface area contributed by atoms with Crippen molar-refractivity contribution in [3.05, 3.63) is 36.4 Å². The molecule has 1 aromatic heterocycles. The van der Waals surface area contributed by atoms with Crippen molar-refractivity contribution in [3.8, 4) is 17.1 Å². The third-order valence-corrected chi connectivity index (χ3v) is 13.1. The Bertz CT molecular complexity index is 1890. The van der Waals surface area contributed by atoms with Gasteiger partial charge in [-0.25, -0.2) is 9.52 Å². The first-order valence-electron chi connectivity index (χ1n) is 19.7. The number of aromatic nitrogens is 4. The molecule has 3 aliphatic heterocycles. The lowest BCUT2D eigenvalue weighted by Gasteiger charge is -2.32. The number of hydrogen-bond acceptors (Lipinski definition) is 12. The van der Waals surface area contributed by atoms with Gasteiger partial charge in [0.25, 0.3) is 5.91 Å². The van der Waals surface area contributed by atoms with Crippen LogP contribution < -0.4 is 20.1 Å². The summed E-state index contributed by atoms with van der Waals surface area (Å²) in [5, 5.41) is 18.8. The van der Waals surface area contributed by atoms with Crippen LogP contribution in [0.2, 0.25) is 0 Å². The molecule has 4 heterocycles. The van der Waals surface area contributed by atoms with Crippen LogP contribution >= 0.6 is 0 Å². The van der Waals surface area contributed by atoms with Crippen molar-refractivity contribution < 1.29 is 37.1 Å². The second kappa shape index (κ2) is 16.9. The highest BCUT2D eigenvalue weighted by atomic mass is 32.2. The van der Waals surface area contributed by atoms with Crippen LogP contribution in [-0.4, -0.2) is 137 Å². The molecule has 7 rings (SSSR count). The highest BCUT2D eigenvalue weighted by Gasteiger charge is 2.62. The first kappa shape index (κ1) is 39.6. The van der Waals surface area contributed by atoms with E-state index >= 15 is 0 Å². The summed E-state index contributed by atoms with van der Waals surface area (Å²) in [4.78, 5) is 61.0. The molecule has 5 aliphatic rings. The van der Waals surface area contributed by atoms with Crippen molar-refractivity contribution in [2.24, 2.45) is 5.92 Å². The molecule has 0 unspecified atom stereocenters. The zero-order valence-corrected chi connectivity index (χ0v) is 32.8. The number of rotatable bonds is 8. The van der Waals surface area contributed by atoms with Gasteiger partial charge in [0.1, 0.15) is 29.5 Å². The number of nitrogens with one attached hydrogen (secondary N) is 3. The molecule has 56 heavy (non-hydrogen) atoms. The highest BCUT2D eigenvalue weighted by Crippen LogP contribution is 2.46.